The number of fused-ring (bicyclic) bond motifs is 1. The molecule has 5 heteroatoms. The van der Waals surface area contributed by atoms with E-state index in [0.717, 1.165) is 6.29 Å². The third-order valence-electron chi connectivity index (χ3n) is 2.39. The van der Waals surface area contributed by atoms with Gasteiger partial charge in [-0.25, -0.2) is 4.39 Å². The van der Waals surface area contributed by atoms with Crippen molar-refractivity contribution in [2.75, 3.05) is 13.9 Å². The maximum Gasteiger partial charge on any atom is 0.231 e. The van der Waals surface area contributed by atoms with Gasteiger partial charge in [0.1, 0.15) is 6.29 Å². The smallest absolute Gasteiger partial charge is 0.231 e. The Morgan fingerprint density at radius 1 is 1.56 bits per heavy atom. The zero-order chi connectivity index (χ0) is 11.5. The minimum Gasteiger partial charge on any atom is -0.494 e. The summed E-state index contributed by atoms with van der Waals surface area (Å²) in [6.45, 7) is 0.0655. The Morgan fingerprint density at radius 2 is 2.38 bits per heavy atom. The summed E-state index contributed by atoms with van der Waals surface area (Å²) in [5.74, 6) is 0.443. The van der Waals surface area contributed by atoms with Gasteiger partial charge < -0.3 is 19.0 Å². The largest absolute Gasteiger partial charge is 0.494 e. The maximum absolute atomic E-state index is 13.9. The highest BCUT2D eigenvalue weighted by molar-refractivity contribution is 5.56. The van der Waals surface area contributed by atoms with Crippen LogP contribution in [0.1, 0.15) is 12.0 Å². The second-order valence-corrected chi connectivity index (χ2v) is 3.31. The summed E-state index contributed by atoms with van der Waals surface area (Å²) in [4.78, 5) is 10.3. The number of rotatable bonds is 4. The minimum atomic E-state index is -0.492. The van der Waals surface area contributed by atoms with E-state index in [2.05, 4.69) is 0 Å². The van der Waals surface area contributed by atoms with Crippen molar-refractivity contribution < 1.29 is 23.4 Å². The van der Waals surface area contributed by atoms with Gasteiger partial charge in [0.25, 0.3) is 0 Å². The van der Waals surface area contributed by atoms with E-state index < -0.39 is 5.82 Å². The van der Waals surface area contributed by atoms with E-state index >= 15 is 0 Å². The topological polar surface area (TPSA) is 44.8 Å². The molecule has 4 nitrogen and oxygen atoms in total. The summed E-state index contributed by atoms with van der Waals surface area (Å²) in [6, 6.07) is 1.45. The van der Waals surface area contributed by atoms with Gasteiger partial charge in [0.15, 0.2) is 23.1 Å². The highest BCUT2D eigenvalue weighted by atomic mass is 19.1. The van der Waals surface area contributed by atoms with Crippen molar-refractivity contribution in [1.29, 1.82) is 0 Å². The van der Waals surface area contributed by atoms with E-state index in [9.17, 15) is 9.18 Å². The highest BCUT2D eigenvalue weighted by Crippen LogP contribution is 2.42. The molecule has 1 aromatic rings. The van der Waals surface area contributed by atoms with Crippen LogP contribution in [0.2, 0.25) is 0 Å². The Morgan fingerprint density at radius 3 is 3.06 bits per heavy atom. The van der Waals surface area contributed by atoms with E-state index in [1.165, 1.54) is 13.2 Å². The molecule has 86 valence electrons. The Labute approximate surface area is 91.9 Å². The van der Waals surface area contributed by atoms with Crippen molar-refractivity contribution >= 4 is 6.29 Å². The van der Waals surface area contributed by atoms with Crippen molar-refractivity contribution in [1.82, 2.24) is 0 Å². The average molecular weight is 226 g/mol. The van der Waals surface area contributed by atoms with Crippen LogP contribution in [-0.4, -0.2) is 20.2 Å². The zero-order valence-electron chi connectivity index (χ0n) is 8.79. The van der Waals surface area contributed by atoms with E-state index in [4.69, 9.17) is 14.2 Å². The summed E-state index contributed by atoms with van der Waals surface area (Å²) in [5, 5.41) is 0. The van der Waals surface area contributed by atoms with Crippen LogP contribution in [-0.2, 0) is 11.2 Å². The van der Waals surface area contributed by atoms with Crippen molar-refractivity contribution in [2.24, 2.45) is 0 Å². The van der Waals surface area contributed by atoms with E-state index in [1.54, 1.807) is 0 Å². The van der Waals surface area contributed by atoms with Crippen LogP contribution in [0, 0.1) is 5.82 Å². The lowest BCUT2D eigenvalue weighted by Crippen LogP contribution is -1.98. The number of benzene rings is 1. The molecule has 0 fully saturated rings. The van der Waals surface area contributed by atoms with Gasteiger partial charge in [-0.1, -0.05) is 0 Å². The molecule has 0 N–H and O–H groups in total. The predicted molar refractivity (Wildman–Crippen MR) is 53.5 cm³/mol. The van der Waals surface area contributed by atoms with Gasteiger partial charge in [-0.2, -0.15) is 0 Å². The quantitative estimate of drug-likeness (QED) is 0.733. The second-order valence-electron chi connectivity index (χ2n) is 3.31. The fraction of sp³-hybridized carbons (Fsp3) is 0.364. The van der Waals surface area contributed by atoms with Gasteiger partial charge in [-0.3, -0.25) is 0 Å². The van der Waals surface area contributed by atoms with Crippen LogP contribution in [0.5, 0.6) is 17.2 Å². The second kappa shape index (κ2) is 4.38. The number of carbonyl (C=O) groups excluding carboxylic acids is 1. The molecule has 1 aliphatic heterocycles. The van der Waals surface area contributed by atoms with E-state index in [-0.39, 0.29) is 25.4 Å². The van der Waals surface area contributed by atoms with Crippen molar-refractivity contribution in [3.8, 4) is 17.2 Å². The fourth-order valence-electron chi connectivity index (χ4n) is 1.64. The van der Waals surface area contributed by atoms with Crippen LogP contribution in [0.3, 0.4) is 0 Å². The molecule has 0 atom stereocenters. The van der Waals surface area contributed by atoms with Gasteiger partial charge >= 0.3 is 0 Å². The monoisotopic (exact) mass is 226 g/mol. The third-order valence-corrected chi connectivity index (χ3v) is 2.39. The van der Waals surface area contributed by atoms with E-state index in [1.807, 2.05) is 0 Å². The van der Waals surface area contributed by atoms with Gasteiger partial charge in [0.05, 0.1) is 7.11 Å². The normalized spacial score (nSPS) is 12.6. The summed E-state index contributed by atoms with van der Waals surface area (Å²) in [7, 11) is 1.38. The lowest BCUT2D eigenvalue weighted by atomic mass is 10.1. The fourth-order valence-corrected chi connectivity index (χ4v) is 1.64. The first kappa shape index (κ1) is 10.7. The van der Waals surface area contributed by atoms with Crippen molar-refractivity contribution in [2.45, 2.75) is 12.8 Å². The number of hydrogen-bond donors (Lipinski definition) is 0. The van der Waals surface area contributed by atoms with Crippen LogP contribution >= 0.6 is 0 Å². The number of hydrogen-bond acceptors (Lipinski definition) is 4. The van der Waals surface area contributed by atoms with Gasteiger partial charge in [-0.05, 0) is 6.42 Å². The first-order valence-electron chi connectivity index (χ1n) is 4.86. The number of halogens is 1. The number of aldehydes is 1. The maximum atomic E-state index is 13.9. The summed E-state index contributed by atoms with van der Waals surface area (Å²) in [6.07, 6.45) is 1.25. The number of carbonyl (C=O) groups is 1. The number of ether oxygens (including phenoxy) is 3. The van der Waals surface area contributed by atoms with Crippen LogP contribution in [0.4, 0.5) is 4.39 Å². The van der Waals surface area contributed by atoms with Crippen molar-refractivity contribution in [3.63, 3.8) is 0 Å². The molecule has 0 saturated carbocycles. The van der Waals surface area contributed by atoms with Crippen LogP contribution in [0.15, 0.2) is 6.07 Å². The minimum absolute atomic E-state index is 0.0655. The number of methoxy groups -OCH3 is 1. The zero-order valence-corrected chi connectivity index (χ0v) is 8.79. The van der Waals surface area contributed by atoms with E-state index in [0.29, 0.717) is 17.1 Å². The first-order chi connectivity index (χ1) is 7.77. The Bertz CT molecular complexity index is 416. The summed E-state index contributed by atoms with van der Waals surface area (Å²) in [5.41, 5.74) is 0.332. The summed E-state index contributed by atoms with van der Waals surface area (Å²) < 4.78 is 29.1. The molecular formula is C11H11FO4. The molecule has 0 radical (unpaired) electrons. The highest BCUT2D eigenvalue weighted by Gasteiger charge is 2.24. The van der Waals surface area contributed by atoms with Gasteiger partial charge in [-0.15, -0.1) is 0 Å². The SMILES string of the molecule is COc1cc2c(c(CCC=O)c1F)OCO2. The summed E-state index contributed by atoms with van der Waals surface area (Å²) >= 11 is 0. The molecule has 2 rings (SSSR count). The molecule has 0 spiro atoms. The Hall–Kier alpha value is -1.78. The molecule has 0 saturated heterocycles. The van der Waals surface area contributed by atoms with Crippen LogP contribution < -0.4 is 14.2 Å². The van der Waals surface area contributed by atoms with Crippen LogP contribution in [0.25, 0.3) is 0 Å². The molecular weight excluding hydrogens is 215 g/mol. The lowest BCUT2D eigenvalue weighted by molar-refractivity contribution is -0.107. The molecule has 0 amide bonds. The molecule has 0 aliphatic carbocycles. The third kappa shape index (κ3) is 1.68. The average Bonchev–Trinajstić information content (AvgIpc) is 2.75. The van der Waals surface area contributed by atoms with Crippen molar-refractivity contribution in [3.05, 3.63) is 17.4 Å². The van der Waals surface area contributed by atoms with Gasteiger partial charge in [0, 0.05) is 18.1 Å². The molecule has 0 unspecified atom stereocenters. The Balaban J connectivity index is 2.46. The molecule has 1 aromatic carbocycles. The molecule has 16 heavy (non-hydrogen) atoms. The standard InChI is InChI=1S/C11H11FO4/c1-14-8-5-9-11(16-6-15-9)7(10(8)12)3-2-4-13/h4-5H,2-3,6H2,1H3. The molecule has 1 heterocycles. The molecule has 1 aliphatic rings. The molecule has 0 aromatic heterocycles. The molecule has 0 bridgehead atoms. The predicted octanol–water partition coefficient (Wildman–Crippen LogP) is 1.69. The lowest BCUT2D eigenvalue weighted by Gasteiger charge is -2.09. The van der Waals surface area contributed by atoms with Gasteiger partial charge in [0.2, 0.25) is 6.79 Å². The first-order valence-corrected chi connectivity index (χ1v) is 4.86. The Kier molecular flexibility index (Phi) is 2.94.